The molecule has 2 fully saturated rings. The van der Waals surface area contributed by atoms with Crippen LogP contribution < -0.4 is 11.1 Å². The maximum absolute atomic E-state index is 10.3. The highest BCUT2D eigenvalue weighted by Crippen LogP contribution is 2.32. The topological polar surface area (TPSA) is 152 Å². The zero-order valence-electron chi connectivity index (χ0n) is 17.2. The second-order valence-corrected chi connectivity index (χ2v) is 8.41. The van der Waals surface area contributed by atoms with E-state index in [0.717, 1.165) is 18.9 Å². The summed E-state index contributed by atoms with van der Waals surface area (Å²) in [7, 11) is 0. The fourth-order valence-electron chi connectivity index (χ4n) is 4.55. The van der Waals surface area contributed by atoms with Crippen LogP contribution in [0.5, 0.6) is 0 Å². The lowest BCUT2D eigenvalue weighted by molar-refractivity contribution is -0.0511. The predicted molar refractivity (Wildman–Crippen MR) is 112 cm³/mol. The summed E-state index contributed by atoms with van der Waals surface area (Å²) in [5.41, 5.74) is 6.86. The Labute approximate surface area is 175 Å². The fourth-order valence-corrected chi connectivity index (χ4v) is 4.55. The number of nitrogens with one attached hydrogen (secondary N) is 1. The number of nitrogens with two attached hydrogens (primary N) is 1. The van der Waals surface area contributed by atoms with Gasteiger partial charge < -0.3 is 31.1 Å². The van der Waals surface area contributed by atoms with Gasteiger partial charge in [-0.25, -0.2) is 4.98 Å². The Bertz CT molecular complexity index is 840. The molecule has 10 heteroatoms. The van der Waals surface area contributed by atoms with E-state index < -0.39 is 31.1 Å². The molecule has 10 nitrogen and oxygen atoms in total. The van der Waals surface area contributed by atoms with Crippen molar-refractivity contribution >= 4 is 22.9 Å². The molecule has 1 saturated heterocycles. The third-order valence-electron chi connectivity index (χ3n) is 6.29. The van der Waals surface area contributed by atoms with E-state index in [-0.39, 0.29) is 5.82 Å². The quantitative estimate of drug-likeness (QED) is 0.396. The van der Waals surface area contributed by atoms with Crippen molar-refractivity contribution in [1.82, 2.24) is 19.5 Å². The molecule has 1 aliphatic carbocycles. The summed E-state index contributed by atoms with van der Waals surface area (Å²) in [5, 5.41) is 32.9. The molecular weight excluding hydrogens is 388 g/mol. The second-order valence-electron chi connectivity index (χ2n) is 8.41. The van der Waals surface area contributed by atoms with E-state index in [2.05, 4.69) is 20.3 Å². The summed E-state index contributed by atoms with van der Waals surface area (Å²) in [6, 6.07) is 0. The van der Waals surface area contributed by atoms with Crippen LogP contribution >= 0.6 is 0 Å². The number of ether oxygens (including phenoxy) is 1. The Hall–Kier alpha value is -2.01. The van der Waals surface area contributed by atoms with E-state index in [1.54, 1.807) is 0 Å². The number of hydrogen-bond donors (Lipinski definition) is 5. The number of anilines is 2. The molecule has 4 rings (SSSR count). The van der Waals surface area contributed by atoms with Crippen molar-refractivity contribution in [2.45, 2.75) is 75.9 Å². The number of aliphatic hydroxyl groups excluding tert-OH is 3. The highest BCUT2D eigenvalue weighted by molar-refractivity contribution is 5.83. The lowest BCUT2D eigenvalue weighted by Gasteiger charge is -2.21. The maximum Gasteiger partial charge on any atom is 0.226 e. The summed E-state index contributed by atoms with van der Waals surface area (Å²) in [5.74, 6) is 1.51. The molecule has 1 aliphatic heterocycles. The Balaban J connectivity index is 1.39. The van der Waals surface area contributed by atoms with Gasteiger partial charge in [-0.05, 0) is 12.3 Å². The molecule has 30 heavy (non-hydrogen) atoms. The van der Waals surface area contributed by atoms with Crippen LogP contribution in [-0.4, -0.2) is 66.3 Å². The minimum Gasteiger partial charge on any atom is -0.394 e. The normalized spacial score (nSPS) is 27.7. The van der Waals surface area contributed by atoms with Crippen LogP contribution in [0.3, 0.4) is 0 Å². The highest BCUT2D eigenvalue weighted by Gasteiger charge is 2.44. The number of imidazole rings is 1. The summed E-state index contributed by atoms with van der Waals surface area (Å²) in [6.07, 6.45) is 7.61. The number of unbranched alkanes of at least 4 members (excludes halogenated alkanes) is 1. The number of rotatable bonds is 8. The number of nitrogen functional groups attached to an aromatic ring is 1. The first-order valence-corrected chi connectivity index (χ1v) is 10.9. The Morgan fingerprint density at radius 3 is 2.67 bits per heavy atom. The molecular formula is C20H32N6O4. The highest BCUT2D eigenvalue weighted by atomic mass is 16.6. The van der Waals surface area contributed by atoms with Gasteiger partial charge in [0.2, 0.25) is 5.95 Å². The lowest BCUT2D eigenvalue weighted by Crippen LogP contribution is -2.33. The van der Waals surface area contributed by atoms with Gasteiger partial charge in [0, 0.05) is 6.54 Å². The summed E-state index contributed by atoms with van der Waals surface area (Å²) in [4.78, 5) is 13.0. The molecule has 2 aliphatic rings. The van der Waals surface area contributed by atoms with Crippen LogP contribution in [0.15, 0.2) is 6.33 Å². The van der Waals surface area contributed by atoms with Gasteiger partial charge in [0.25, 0.3) is 0 Å². The second kappa shape index (κ2) is 9.42. The van der Waals surface area contributed by atoms with E-state index >= 15 is 0 Å². The number of nitrogens with zero attached hydrogens (tertiary/aromatic N) is 4. The van der Waals surface area contributed by atoms with E-state index in [4.69, 9.17) is 10.5 Å². The van der Waals surface area contributed by atoms with Crippen LogP contribution in [0.4, 0.5) is 11.8 Å². The van der Waals surface area contributed by atoms with Crippen molar-refractivity contribution < 1.29 is 20.1 Å². The monoisotopic (exact) mass is 420 g/mol. The molecule has 0 unspecified atom stereocenters. The van der Waals surface area contributed by atoms with Crippen molar-refractivity contribution in [2.24, 2.45) is 5.92 Å². The van der Waals surface area contributed by atoms with Gasteiger partial charge in [-0.1, -0.05) is 44.9 Å². The molecule has 6 N–H and O–H groups in total. The molecule has 0 bridgehead atoms. The molecule has 0 spiro atoms. The minimum absolute atomic E-state index is 0.232. The van der Waals surface area contributed by atoms with Crippen LogP contribution in [0.1, 0.15) is 57.6 Å². The summed E-state index contributed by atoms with van der Waals surface area (Å²) < 4.78 is 7.11. The Kier molecular flexibility index (Phi) is 6.67. The SMILES string of the molecule is Nc1nc(NCCCCC2CCCCC2)nc2c1ncn2[C@@H]1O[C@H](CO)[C@@H](O)[C@H]1O. The van der Waals surface area contributed by atoms with Gasteiger partial charge in [0.15, 0.2) is 17.7 Å². The first kappa shape index (κ1) is 21.2. The molecule has 1 saturated carbocycles. The van der Waals surface area contributed by atoms with Crippen molar-refractivity contribution in [2.75, 3.05) is 24.2 Å². The van der Waals surface area contributed by atoms with Crippen molar-refractivity contribution in [3.8, 4) is 0 Å². The van der Waals surface area contributed by atoms with Gasteiger partial charge in [0.05, 0.1) is 12.9 Å². The van der Waals surface area contributed by atoms with Gasteiger partial charge in [-0.2, -0.15) is 9.97 Å². The standard InChI is InChI=1S/C20H32N6O4/c21-17-14-18(26(11-23-14)19-16(29)15(28)13(10-27)30-19)25-20(24-17)22-9-5-4-8-12-6-2-1-3-7-12/h11-13,15-16,19,27-29H,1-10H2,(H3,21,22,24,25)/t13-,15-,16-,19-/m1/s1. The fraction of sp³-hybridized carbons (Fsp3) is 0.750. The molecule has 2 aromatic rings. The van der Waals surface area contributed by atoms with Crippen LogP contribution in [0, 0.1) is 5.92 Å². The zero-order chi connectivity index (χ0) is 21.1. The molecule has 4 atom stereocenters. The number of aliphatic hydroxyl groups is 3. The number of hydrogen-bond acceptors (Lipinski definition) is 9. The van der Waals surface area contributed by atoms with E-state index in [0.29, 0.717) is 17.1 Å². The molecule has 0 aromatic carbocycles. The third kappa shape index (κ3) is 4.36. The molecule has 3 heterocycles. The predicted octanol–water partition coefficient (Wildman–Crippen LogP) is 1.18. The van der Waals surface area contributed by atoms with Gasteiger partial charge in [-0.3, -0.25) is 4.57 Å². The third-order valence-corrected chi connectivity index (χ3v) is 6.29. The molecule has 0 amide bonds. The molecule has 166 valence electrons. The summed E-state index contributed by atoms with van der Waals surface area (Å²) in [6.45, 7) is 0.353. The van der Waals surface area contributed by atoms with Crippen molar-refractivity contribution in [3.63, 3.8) is 0 Å². The molecule has 2 aromatic heterocycles. The Morgan fingerprint density at radius 1 is 1.13 bits per heavy atom. The van der Waals surface area contributed by atoms with Crippen LogP contribution in [0.25, 0.3) is 11.2 Å². The van der Waals surface area contributed by atoms with Gasteiger partial charge in [-0.15, -0.1) is 0 Å². The zero-order valence-corrected chi connectivity index (χ0v) is 17.2. The van der Waals surface area contributed by atoms with E-state index in [1.165, 1.54) is 55.8 Å². The van der Waals surface area contributed by atoms with Crippen molar-refractivity contribution in [1.29, 1.82) is 0 Å². The average molecular weight is 421 g/mol. The maximum atomic E-state index is 10.3. The largest absolute Gasteiger partial charge is 0.394 e. The summed E-state index contributed by atoms with van der Waals surface area (Å²) >= 11 is 0. The first-order chi connectivity index (χ1) is 14.6. The van der Waals surface area contributed by atoms with Gasteiger partial charge >= 0.3 is 0 Å². The van der Waals surface area contributed by atoms with E-state index in [1.807, 2.05) is 0 Å². The number of aromatic nitrogens is 4. The van der Waals surface area contributed by atoms with Crippen molar-refractivity contribution in [3.05, 3.63) is 6.33 Å². The smallest absolute Gasteiger partial charge is 0.226 e. The lowest BCUT2D eigenvalue weighted by atomic mass is 9.86. The molecule has 0 radical (unpaired) electrons. The first-order valence-electron chi connectivity index (χ1n) is 10.9. The van der Waals surface area contributed by atoms with Crippen LogP contribution in [-0.2, 0) is 4.74 Å². The minimum atomic E-state index is -1.22. The van der Waals surface area contributed by atoms with E-state index in [9.17, 15) is 15.3 Å². The van der Waals surface area contributed by atoms with Crippen LogP contribution in [0.2, 0.25) is 0 Å². The number of fused-ring (bicyclic) bond motifs is 1. The average Bonchev–Trinajstić information content (AvgIpc) is 3.30. The van der Waals surface area contributed by atoms with Gasteiger partial charge in [0.1, 0.15) is 23.8 Å². The Morgan fingerprint density at radius 2 is 1.93 bits per heavy atom.